The van der Waals surface area contributed by atoms with Crippen molar-refractivity contribution in [3.8, 4) is 0 Å². The van der Waals surface area contributed by atoms with Crippen LogP contribution in [0.1, 0.15) is 80.1 Å². The van der Waals surface area contributed by atoms with E-state index in [9.17, 15) is 39.6 Å². The summed E-state index contributed by atoms with van der Waals surface area (Å²) in [5.41, 5.74) is 0. The third kappa shape index (κ3) is 12.0. The van der Waals surface area contributed by atoms with E-state index >= 15 is 0 Å². The van der Waals surface area contributed by atoms with Gasteiger partial charge in [-0.15, -0.1) is 0 Å². The SMILES string of the molecule is CC(=O)OC[C@H]1O[C@H](OC[C@@]2(O)O[C@H](CO)[C@@H](OC(C)=O)[C@@H]2OC(=O)CCCC(C)C)[C@H](O)[C@@H](O)[C@@H]1OC(=O)CCCC(C)C. The maximum absolute atomic E-state index is 12.7. The third-order valence-corrected chi connectivity index (χ3v) is 7.34. The Kier molecular flexibility index (Phi) is 15.6. The minimum Gasteiger partial charge on any atom is -0.463 e. The molecule has 0 aromatic carbocycles. The largest absolute Gasteiger partial charge is 0.463 e. The van der Waals surface area contributed by atoms with E-state index in [0.717, 1.165) is 26.7 Å². The first-order valence-electron chi connectivity index (χ1n) is 15.4. The Hall–Kier alpha value is -2.40. The first kappa shape index (κ1) is 38.8. The molecule has 2 heterocycles. The summed E-state index contributed by atoms with van der Waals surface area (Å²) in [6, 6.07) is 0. The minimum absolute atomic E-state index is 0.00570. The fraction of sp³-hybridized carbons (Fsp3) is 0.867. The first-order valence-corrected chi connectivity index (χ1v) is 15.4. The number of esters is 4. The second-order valence-electron chi connectivity index (χ2n) is 12.3. The molecule has 4 N–H and O–H groups in total. The number of rotatable bonds is 17. The summed E-state index contributed by atoms with van der Waals surface area (Å²) in [6.07, 6.45) is -9.77. The van der Waals surface area contributed by atoms with Gasteiger partial charge in [0.15, 0.2) is 24.6 Å². The van der Waals surface area contributed by atoms with Crippen molar-refractivity contribution in [2.24, 2.45) is 11.8 Å². The molecule has 0 radical (unpaired) electrons. The average Bonchev–Trinajstić information content (AvgIpc) is 3.19. The van der Waals surface area contributed by atoms with Crippen LogP contribution in [0, 0.1) is 11.8 Å². The number of hydrogen-bond donors (Lipinski definition) is 4. The number of carbonyl (C=O) groups is 4. The molecule has 2 fully saturated rings. The van der Waals surface area contributed by atoms with Crippen LogP contribution in [-0.4, -0.2) is 119 Å². The lowest BCUT2D eigenvalue weighted by Gasteiger charge is -2.42. The molecule has 0 aromatic rings. The Labute approximate surface area is 263 Å². The van der Waals surface area contributed by atoms with Crippen molar-refractivity contribution in [1.82, 2.24) is 0 Å². The summed E-state index contributed by atoms with van der Waals surface area (Å²) >= 11 is 0. The molecule has 0 aromatic heterocycles. The molecule has 0 unspecified atom stereocenters. The van der Waals surface area contributed by atoms with E-state index in [0.29, 0.717) is 24.7 Å². The average molecular weight is 651 g/mol. The first-order chi connectivity index (χ1) is 21.1. The lowest BCUT2D eigenvalue weighted by molar-refractivity contribution is -0.333. The second kappa shape index (κ2) is 18.1. The van der Waals surface area contributed by atoms with E-state index < -0.39 is 98.5 Å². The summed E-state index contributed by atoms with van der Waals surface area (Å²) < 4.78 is 38.0. The number of hydrogen-bond acceptors (Lipinski definition) is 15. The number of ether oxygens (including phenoxy) is 7. The molecule has 0 bridgehead atoms. The van der Waals surface area contributed by atoms with Gasteiger partial charge in [0.1, 0.15) is 37.6 Å². The van der Waals surface area contributed by atoms with Gasteiger partial charge in [0.05, 0.1) is 6.61 Å². The van der Waals surface area contributed by atoms with Crippen LogP contribution in [0.2, 0.25) is 0 Å². The Morgan fingerprint density at radius 2 is 1.38 bits per heavy atom. The second-order valence-corrected chi connectivity index (χ2v) is 12.3. The topological polar surface area (TPSA) is 214 Å². The van der Waals surface area contributed by atoms with Gasteiger partial charge in [-0.3, -0.25) is 19.2 Å². The fourth-order valence-corrected chi connectivity index (χ4v) is 5.04. The highest BCUT2D eigenvalue weighted by Gasteiger charge is 2.59. The summed E-state index contributed by atoms with van der Waals surface area (Å²) in [5.74, 6) is -4.65. The third-order valence-electron chi connectivity index (χ3n) is 7.34. The van der Waals surface area contributed by atoms with Crippen molar-refractivity contribution in [2.45, 2.75) is 135 Å². The predicted octanol–water partition coefficient (Wildman–Crippen LogP) is 0.500. The van der Waals surface area contributed by atoms with E-state index in [1.807, 2.05) is 27.7 Å². The minimum atomic E-state index is -2.50. The molecular weight excluding hydrogens is 600 g/mol. The van der Waals surface area contributed by atoms with Crippen LogP contribution in [0.25, 0.3) is 0 Å². The Morgan fingerprint density at radius 3 is 1.89 bits per heavy atom. The highest BCUT2D eigenvalue weighted by Crippen LogP contribution is 2.36. The van der Waals surface area contributed by atoms with Crippen LogP contribution in [0.3, 0.4) is 0 Å². The summed E-state index contributed by atoms with van der Waals surface area (Å²) in [7, 11) is 0. The van der Waals surface area contributed by atoms with Crippen molar-refractivity contribution in [1.29, 1.82) is 0 Å². The number of aliphatic hydroxyl groups excluding tert-OH is 3. The number of aliphatic hydroxyl groups is 4. The summed E-state index contributed by atoms with van der Waals surface area (Å²) in [5, 5.41) is 43.0. The molecular formula is C30H50O15. The van der Waals surface area contributed by atoms with E-state index in [1.165, 1.54) is 0 Å². The normalized spacial score (nSPS) is 31.6. The maximum Gasteiger partial charge on any atom is 0.306 e. The van der Waals surface area contributed by atoms with Gasteiger partial charge in [-0.1, -0.05) is 40.5 Å². The monoisotopic (exact) mass is 650 g/mol. The van der Waals surface area contributed by atoms with Crippen molar-refractivity contribution in [3.63, 3.8) is 0 Å². The van der Waals surface area contributed by atoms with Gasteiger partial charge in [0.2, 0.25) is 5.79 Å². The molecule has 260 valence electrons. The fourth-order valence-electron chi connectivity index (χ4n) is 5.04. The van der Waals surface area contributed by atoms with Crippen LogP contribution < -0.4 is 0 Å². The standard InChI is InChI=1S/C30H50O15/c1-16(2)9-7-11-22(34)43-26-21(14-39-18(5)32)42-29(25(37)24(26)36)40-15-30(38)28(44-23(35)12-8-10-17(3)4)27(41-19(6)33)20(13-31)45-30/h16-17,20-21,24-29,31,36-38H,7-15H2,1-6H3/t20-,21-,24-,25-,26-,27-,28+,29+,30-/m1/s1. The van der Waals surface area contributed by atoms with Gasteiger partial charge in [0.25, 0.3) is 0 Å². The summed E-state index contributed by atoms with van der Waals surface area (Å²) in [4.78, 5) is 48.5. The maximum atomic E-state index is 12.7. The van der Waals surface area contributed by atoms with Gasteiger partial charge >= 0.3 is 23.9 Å². The van der Waals surface area contributed by atoms with E-state index in [-0.39, 0.29) is 12.8 Å². The van der Waals surface area contributed by atoms with Gasteiger partial charge in [-0.25, -0.2) is 0 Å². The molecule has 2 aliphatic heterocycles. The van der Waals surface area contributed by atoms with Crippen LogP contribution >= 0.6 is 0 Å². The highest BCUT2D eigenvalue weighted by atomic mass is 16.8. The predicted molar refractivity (Wildman–Crippen MR) is 153 cm³/mol. The van der Waals surface area contributed by atoms with E-state index in [1.54, 1.807) is 0 Å². The molecule has 2 saturated heterocycles. The van der Waals surface area contributed by atoms with Gasteiger partial charge in [-0.2, -0.15) is 0 Å². The zero-order chi connectivity index (χ0) is 33.9. The smallest absolute Gasteiger partial charge is 0.306 e. The van der Waals surface area contributed by atoms with Crippen molar-refractivity contribution < 1.29 is 72.8 Å². The van der Waals surface area contributed by atoms with Gasteiger partial charge < -0.3 is 53.6 Å². The van der Waals surface area contributed by atoms with Crippen molar-refractivity contribution in [2.75, 3.05) is 19.8 Å². The highest BCUT2D eigenvalue weighted by molar-refractivity contribution is 5.70. The van der Waals surface area contributed by atoms with E-state index in [4.69, 9.17) is 33.2 Å². The van der Waals surface area contributed by atoms with E-state index in [2.05, 4.69) is 0 Å². The molecule has 2 aliphatic rings. The molecule has 15 heteroatoms. The van der Waals surface area contributed by atoms with Crippen molar-refractivity contribution >= 4 is 23.9 Å². The Bertz CT molecular complexity index is 971. The van der Waals surface area contributed by atoms with Crippen LogP contribution in [0.4, 0.5) is 0 Å². The van der Waals surface area contributed by atoms with Crippen LogP contribution in [0.5, 0.6) is 0 Å². The van der Waals surface area contributed by atoms with Crippen molar-refractivity contribution in [3.05, 3.63) is 0 Å². The lowest BCUT2D eigenvalue weighted by atomic mass is 9.98. The molecule has 0 aliphatic carbocycles. The number of carbonyl (C=O) groups excluding carboxylic acids is 4. The molecule has 0 saturated carbocycles. The molecule has 0 spiro atoms. The molecule has 9 atom stereocenters. The van der Waals surface area contributed by atoms with Crippen LogP contribution in [-0.2, 0) is 52.3 Å². The summed E-state index contributed by atoms with van der Waals surface area (Å²) in [6.45, 7) is 8.16. The quantitative estimate of drug-likeness (QED) is 0.125. The van der Waals surface area contributed by atoms with Crippen LogP contribution in [0.15, 0.2) is 0 Å². The molecule has 2 rings (SSSR count). The van der Waals surface area contributed by atoms with Gasteiger partial charge in [-0.05, 0) is 24.7 Å². The molecule has 15 nitrogen and oxygen atoms in total. The Morgan fingerprint density at radius 1 is 0.800 bits per heavy atom. The zero-order valence-corrected chi connectivity index (χ0v) is 26.9. The lowest BCUT2D eigenvalue weighted by Crippen LogP contribution is -2.61. The molecule has 45 heavy (non-hydrogen) atoms. The van der Waals surface area contributed by atoms with Gasteiger partial charge in [0, 0.05) is 26.7 Å². The Balaban J connectivity index is 2.21. The molecule has 0 amide bonds. The zero-order valence-electron chi connectivity index (χ0n) is 26.9.